The average Bonchev–Trinajstić information content (AvgIpc) is 2.59. The summed E-state index contributed by atoms with van der Waals surface area (Å²) in [7, 11) is 0. The molecule has 0 atom stereocenters. The van der Waals surface area contributed by atoms with Crippen molar-refractivity contribution in [1.29, 1.82) is 0 Å². The van der Waals surface area contributed by atoms with Gasteiger partial charge in [0.05, 0.1) is 6.04 Å². The van der Waals surface area contributed by atoms with Crippen LogP contribution in [0.15, 0.2) is 24.3 Å². The Morgan fingerprint density at radius 2 is 2.06 bits per heavy atom. The van der Waals surface area contributed by atoms with Gasteiger partial charge in [-0.25, -0.2) is 4.68 Å². The zero-order valence-electron chi connectivity index (χ0n) is 9.93. The minimum absolute atomic E-state index is 0.481. The predicted octanol–water partition coefficient (Wildman–Crippen LogP) is 2.56. The molecule has 4 heteroatoms. The maximum atomic E-state index is 5.96. The van der Waals surface area contributed by atoms with Crippen LogP contribution >= 0.6 is 0 Å². The van der Waals surface area contributed by atoms with E-state index in [-0.39, 0.29) is 0 Å². The molecule has 1 aliphatic carbocycles. The smallest absolute Gasteiger partial charge is 0.174 e. The van der Waals surface area contributed by atoms with Gasteiger partial charge in [0.25, 0.3) is 0 Å². The average molecular weight is 228 g/mol. The van der Waals surface area contributed by atoms with E-state index in [0.717, 1.165) is 11.3 Å². The minimum Gasteiger partial charge on any atom is -0.380 e. The number of nitrogens with two attached hydrogens (primary N) is 1. The molecule has 2 aromatic rings. The third kappa shape index (κ3) is 1.60. The minimum atomic E-state index is 0.481. The molecular formula is C13H16N4. The normalized spacial score (nSPS) is 15.8. The lowest BCUT2D eigenvalue weighted by atomic mass is 9.92. The van der Waals surface area contributed by atoms with Gasteiger partial charge in [-0.3, -0.25) is 0 Å². The highest BCUT2D eigenvalue weighted by Crippen LogP contribution is 2.37. The van der Waals surface area contributed by atoms with Crippen LogP contribution in [0.4, 0.5) is 5.82 Å². The van der Waals surface area contributed by atoms with Gasteiger partial charge in [-0.05, 0) is 31.7 Å². The first-order valence-electron chi connectivity index (χ1n) is 6.04. The van der Waals surface area contributed by atoms with Gasteiger partial charge < -0.3 is 5.73 Å². The molecule has 0 aliphatic heterocycles. The molecule has 1 aromatic carbocycles. The second-order valence-electron chi connectivity index (χ2n) is 4.67. The summed E-state index contributed by atoms with van der Waals surface area (Å²) in [5, 5.41) is 8.22. The Balaban J connectivity index is 2.13. The highest BCUT2D eigenvalue weighted by molar-refractivity contribution is 5.72. The number of anilines is 1. The van der Waals surface area contributed by atoms with Gasteiger partial charge in [0.2, 0.25) is 0 Å². The first-order chi connectivity index (χ1) is 8.27. The lowest BCUT2D eigenvalue weighted by Crippen LogP contribution is -2.19. The Hall–Kier alpha value is -1.84. The topological polar surface area (TPSA) is 56.7 Å². The second kappa shape index (κ2) is 3.87. The van der Waals surface area contributed by atoms with Crippen LogP contribution in [0.3, 0.4) is 0 Å². The fourth-order valence-electron chi connectivity index (χ4n) is 2.29. The van der Waals surface area contributed by atoms with Gasteiger partial charge in [-0.2, -0.15) is 0 Å². The van der Waals surface area contributed by atoms with Crippen molar-refractivity contribution >= 4 is 5.82 Å². The summed E-state index contributed by atoms with van der Waals surface area (Å²) in [6, 6.07) is 8.72. The van der Waals surface area contributed by atoms with E-state index < -0.39 is 0 Å². The van der Waals surface area contributed by atoms with Crippen molar-refractivity contribution in [3.63, 3.8) is 0 Å². The molecule has 4 nitrogen and oxygen atoms in total. The summed E-state index contributed by atoms with van der Waals surface area (Å²) in [6.07, 6.45) is 3.64. The third-order valence-corrected chi connectivity index (χ3v) is 3.54. The molecule has 1 heterocycles. The van der Waals surface area contributed by atoms with Gasteiger partial charge in [0.1, 0.15) is 5.69 Å². The SMILES string of the molecule is Cc1ccccc1-c1c(N)nnn1C1CCC1. The first kappa shape index (κ1) is 10.3. The molecule has 3 rings (SSSR count). The number of aryl methyl sites for hydroxylation is 1. The second-order valence-corrected chi connectivity index (χ2v) is 4.67. The van der Waals surface area contributed by atoms with Gasteiger partial charge >= 0.3 is 0 Å². The zero-order valence-corrected chi connectivity index (χ0v) is 9.93. The molecule has 0 unspecified atom stereocenters. The standard InChI is InChI=1S/C13H16N4/c1-9-5-2-3-8-11(9)12-13(14)15-16-17(12)10-6-4-7-10/h2-3,5,8,10H,4,6-7,14H2,1H3. The summed E-state index contributed by atoms with van der Waals surface area (Å²) in [6.45, 7) is 2.09. The quantitative estimate of drug-likeness (QED) is 0.859. The predicted molar refractivity (Wildman–Crippen MR) is 67.5 cm³/mol. The molecule has 2 N–H and O–H groups in total. The van der Waals surface area contributed by atoms with Crippen LogP contribution in [0.5, 0.6) is 0 Å². The number of rotatable bonds is 2. The molecule has 0 amide bonds. The van der Waals surface area contributed by atoms with Crippen molar-refractivity contribution in [1.82, 2.24) is 15.0 Å². The highest BCUT2D eigenvalue weighted by atomic mass is 15.5. The Bertz CT molecular complexity index is 540. The van der Waals surface area contributed by atoms with Crippen molar-refractivity contribution in [2.45, 2.75) is 32.2 Å². The van der Waals surface area contributed by atoms with E-state index in [4.69, 9.17) is 5.73 Å². The van der Waals surface area contributed by atoms with Crippen LogP contribution in [0.2, 0.25) is 0 Å². The summed E-state index contributed by atoms with van der Waals surface area (Å²) in [5.74, 6) is 0.534. The number of nitrogen functional groups attached to an aromatic ring is 1. The zero-order chi connectivity index (χ0) is 11.8. The van der Waals surface area contributed by atoms with Crippen LogP contribution in [0.1, 0.15) is 30.9 Å². The number of hydrogen-bond donors (Lipinski definition) is 1. The van der Waals surface area contributed by atoms with E-state index in [0.29, 0.717) is 11.9 Å². The summed E-state index contributed by atoms with van der Waals surface area (Å²) >= 11 is 0. The van der Waals surface area contributed by atoms with Crippen LogP contribution < -0.4 is 5.73 Å². The monoisotopic (exact) mass is 228 g/mol. The summed E-state index contributed by atoms with van der Waals surface area (Å²) in [5.41, 5.74) is 9.29. The molecule has 0 bridgehead atoms. The van der Waals surface area contributed by atoms with Gasteiger partial charge in [0, 0.05) is 5.56 Å². The van der Waals surface area contributed by atoms with Crippen molar-refractivity contribution < 1.29 is 0 Å². The van der Waals surface area contributed by atoms with Gasteiger partial charge in [0.15, 0.2) is 5.82 Å². The van der Waals surface area contributed by atoms with Crippen LogP contribution in [0, 0.1) is 6.92 Å². The fraction of sp³-hybridized carbons (Fsp3) is 0.385. The van der Waals surface area contributed by atoms with Crippen LogP contribution in [-0.2, 0) is 0 Å². The Kier molecular flexibility index (Phi) is 2.35. The van der Waals surface area contributed by atoms with E-state index in [1.807, 2.05) is 16.8 Å². The number of benzene rings is 1. The van der Waals surface area contributed by atoms with Crippen molar-refractivity contribution in [3.05, 3.63) is 29.8 Å². The maximum Gasteiger partial charge on any atom is 0.174 e. The van der Waals surface area contributed by atoms with Gasteiger partial charge in [-0.15, -0.1) is 5.10 Å². The number of hydrogen-bond acceptors (Lipinski definition) is 3. The number of aromatic nitrogens is 3. The summed E-state index contributed by atoms with van der Waals surface area (Å²) < 4.78 is 2.00. The Morgan fingerprint density at radius 3 is 2.71 bits per heavy atom. The Morgan fingerprint density at radius 1 is 1.29 bits per heavy atom. The molecule has 0 spiro atoms. The van der Waals surface area contributed by atoms with E-state index in [2.05, 4.69) is 29.4 Å². The highest BCUT2D eigenvalue weighted by Gasteiger charge is 2.25. The molecule has 0 saturated heterocycles. The maximum absolute atomic E-state index is 5.96. The van der Waals surface area contributed by atoms with E-state index in [1.165, 1.54) is 24.8 Å². The molecule has 1 saturated carbocycles. The van der Waals surface area contributed by atoms with Gasteiger partial charge in [-0.1, -0.05) is 29.5 Å². The van der Waals surface area contributed by atoms with Crippen LogP contribution in [-0.4, -0.2) is 15.0 Å². The van der Waals surface area contributed by atoms with E-state index in [9.17, 15) is 0 Å². The van der Waals surface area contributed by atoms with Crippen molar-refractivity contribution in [2.24, 2.45) is 0 Å². The number of nitrogens with zero attached hydrogens (tertiary/aromatic N) is 3. The first-order valence-corrected chi connectivity index (χ1v) is 6.04. The van der Waals surface area contributed by atoms with E-state index >= 15 is 0 Å². The molecular weight excluding hydrogens is 212 g/mol. The summed E-state index contributed by atoms with van der Waals surface area (Å²) in [4.78, 5) is 0. The Labute approximate surface area is 100 Å². The molecule has 1 aromatic heterocycles. The van der Waals surface area contributed by atoms with Crippen molar-refractivity contribution in [3.8, 4) is 11.3 Å². The van der Waals surface area contributed by atoms with Crippen molar-refractivity contribution in [2.75, 3.05) is 5.73 Å². The largest absolute Gasteiger partial charge is 0.380 e. The molecule has 17 heavy (non-hydrogen) atoms. The molecule has 1 aliphatic rings. The fourth-order valence-corrected chi connectivity index (χ4v) is 2.29. The lowest BCUT2D eigenvalue weighted by Gasteiger charge is -2.27. The lowest BCUT2D eigenvalue weighted by molar-refractivity contribution is 0.287. The van der Waals surface area contributed by atoms with E-state index in [1.54, 1.807) is 0 Å². The molecule has 0 radical (unpaired) electrons. The van der Waals surface area contributed by atoms with Crippen LogP contribution in [0.25, 0.3) is 11.3 Å². The molecule has 88 valence electrons. The molecule has 1 fully saturated rings. The third-order valence-electron chi connectivity index (χ3n) is 3.54.